The number of nitrogens with one attached hydrogen (secondary N) is 1. The Morgan fingerprint density at radius 2 is 2.00 bits per heavy atom. The van der Waals surface area contributed by atoms with Crippen molar-refractivity contribution >= 4 is 17.6 Å². The summed E-state index contributed by atoms with van der Waals surface area (Å²) < 4.78 is 14.2. The van der Waals surface area contributed by atoms with Gasteiger partial charge in [-0.3, -0.25) is 14.9 Å². The first kappa shape index (κ1) is 18.4. The minimum Gasteiger partial charge on any atom is -0.490 e. The fraction of sp³-hybridized carbons (Fsp3) is 0.429. The zero-order valence-electron chi connectivity index (χ0n) is 13.0. The molecule has 23 heavy (non-hydrogen) atoms. The number of esters is 1. The van der Waals surface area contributed by atoms with Crippen molar-refractivity contribution in [1.29, 1.82) is 0 Å². The van der Waals surface area contributed by atoms with Crippen LogP contribution in [0.3, 0.4) is 0 Å². The molecule has 1 aromatic rings. The Balaban J connectivity index is 2.99. The average Bonchev–Trinajstić information content (AvgIpc) is 2.53. The van der Waals surface area contributed by atoms with Gasteiger partial charge in [0.25, 0.3) is 0 Å². The Bertz CT molecular complexity index is 588. The van der Waals surface area contributed by atoms with Gasteiger partial charge < -0.3 is 19.5 Å². The third kappa shape index (κ3) is 5.22. The summed E-state index contributed by atoms with van der Waals surface area (Å²) in [6.07, 6.45) is 0.0347. The van der Waals surface area contributed by atoms with Crippen molar-refractivity contribution in [3.05, 3.63) is 33.9 Å². The molecule has 0 aliphatic rings. The fourth-order valence-electron chi connectivity index (χ4n) is 1.94. The summed E-state index contributed by atoms with van der Waals surface area (Å²) in [5.74, 6) is -1.05. The Hall–Kier alpha value is -2.68. The highest BCUT2D eigenvalue weighted by Gasteiger charge is 2.24. The minimum atomic E-state index is -0.976. The molecule has 1 aromatic carbocycles. The summed E-state index contributed by atoms with van der Waals surface area (Å²) >= 11 is 0. The molecule has 0 saturated heterocycles. The van der Waals surface area contributed by atoms with E-state index in [9.17, 15) is 19.7 Å². The number of carbonyl (C=O) groups is 2. The summed E-state index contributed by atoms with van der Waals surface area (Å²) in [6.45, 7) is -0.212. The monoisotopic (exact) mass is 326 g/mol. The standard InChI is InChI=1S/C14H18N2O7/c1-21-8-13(17)15-10(14(18)23-3)6-9-4-5-12(22-2)11(7-9)16(19)20/h4-5,7,10H,6,8H2,1-3H3,(H,15,17)/t10-/m1/s1. The lowest BCUT2D eigenvalue weighted by molar-refractivity contribution is -0.385. The highest BCUT2D eigenvalue weighted by molar-refractivity contribution is 5.85. The predicted molar refractivity (Wildman–Crippen MR) is 79.2 cm³/mol. The third-order valence-corrected chi connectivity index (χ3v) is 2.98. The fourth-order valence-corrected chi connectivity index (χ4v) is 1.94. The second-order valence-electron chi connectivity index (χ2n) is 4.54. The van der Waals surface area contributed by atoms with Crippen molar-refractivity contribution in [3.63, 3.8) is 0 Å². The van der Waals surface area contributed by atoms with E-state index < -0.39 is 22.8 Å². The van der Waals surface area contributed by atoms with Gasteiger partial charge in [-0.05, 0) is 11.6 Å². The molecule has 1 rings (SSSR count). The van der Waals surface area contributed by atoms with Crippen molar-refractivity contribution in [2.24, 2.45) is 0 Å². The van der Waals surface area contributed by atoms with Crippen LogP contribution in [-0.2, 0) is 25.5 Å². The normalized spacial score (nSPS) is 11.4. The minimum absolute atomic E-state index is 0.0347. The molecule has 0 aliphatic heterocycles. The van der Waals surface area contributed by atoms with Crippen LogP contribution in [0.25, 0.3) is 0 Å². The zero-order chi connectivity index (χ0) is 17.4. The maximum atomic E-state index is 11.8. The first-order chi connectivity index (χ1) is 10.9. The molecule has 0 fully saturated rings. The van der Waals surface area contributed by atoms with Crippen LogP contribution in [0.4, 0.5) is 5.69 Å². The van der Waals surface area contributed by atoms with E-state index in [4.69, 9.17) is 4.74 Å². The smallest absolute Gasteiger partial charge is 0.328 e. The molecule has 9 heteroatoms. The van der Waals surface area contributed by atoms with Gasteiger partial charge in [0, 0.05) is 19.6 Å². The van der Waals surface area contributed by atoms with Crippen LogP contribution in [0.15, 0.2) is 18.2 Å². The van der Waals surface area contributed by atoms with Gasteiger partial charge in [0.05, 0.1) is 19.1 Å². The number of amides is 1. The Morgan fingerprint density at radius 3 is 2.52 bits per heavy atom. The summed E-state index contributed by atoms with van der Waals surface area (Å²) in [5, 5.41) is 13.5. The van der Waals surface area contributed by atoms with Gasteiger partial charge in [0.15, 0.2) is 5.75 Å². The van der Waals surface area contributed by atoms with E-state index in [-0.39, 0.29) is 24.5 Å². The molecule has 1 atom stereocenters. The van der Waals surface area contributed by atoms with Crippen LogP contribution in [0.2, 0.25) is 0 Å². The molecule has 0 aromatic heterocycles. The maximum Gasteiger partial charge on any atom is 0.328 e. The molecular weight excluding hydrogens is 308 g/mol. The Labute approximate surface area is 132 Å². The van der Waals surface area contributed by atoms with Gasteiger partial charge in [-0.2, -0.15) is 0 Å². The van der Waals surface area contributed by atoms with Gasteiger partial charge in [-0.15, -0.1) is 0 Å². The van der Waals surface area contributed by atoms with Crippen LogP contribution in [0.5, 0.6) is 5.75 Å². The second-order valence-corrected chi connectivity index (χ2v) is 4.54. The number of nitrogens with zero attached hydrogens (tertiary/aromatic N) is 1. The number of hydrogen-bond donors (Lipinski definition) is 1. The number of benzene rings is 1. The van der Waals surface area contributed by atoms with E-state index in [0.717, 1.165) is 0 Å². The highest BCUT2D eigenvalue weighted by atomic mass is 16.6. The van der Waals surface area contributed by atoms with Crippen molar-refractivity contribution in [2.75, 3.05) is 27.9 Å². The van der Waals surface area contributed by atoms with Crippen molar-refractivity contribution < 1.29 is 28.7 Å². The summed E-state index contributed by atoms with van der Waals surface area (Å²) in [7, 11) is 3.86. The van der Waals surface area contributed by atoms with E-state index in [1.807, 2.05) is 0 Å². The second kappa shape index (κ2) is 8.69. The lowest BCUT2D eigenvalue weighted by atomic mass is 10.0. The van der Waals surface area contributed by atoms with Gasteiger partial charge in [0.1, 0.15) is 12.6 Å². The number of hydrogen-bond acceptors (Lipinski definition) is 7. The van der Waals surface area contributed by atoms with Crippen LogP contribution >= 0.6 is 0 Å². The molecule has 1 N–H and O–H groups in total. The number of ether oxygens (including phenoxy) is 3. The van der Waals surface area contributed by atoms with Gasteiger partial charge in [0.2, 0.25) is 5.91 Å². The van der Waals surface area contributed by atoms with Gasteiger partial charge in [-0.1, -0.05) is 6.07 Å². The number of carbonyl (C=O) groups excluding carboxylic acids is 2. The van der Waals surface area contributed by atoms with Crippen LogP contribution in [0.1, 0.15) is 5.56 Å². The van der Waals surface area contributed by atoms with Gasteiger partial charge >= 0.3 is 11.7 Å². The van der Waals surface area contributed by atoms with Crippen LogP contribution < -0.4 is 10.1 Å². The Morgan fingerprint density at radius 1 is 1.30 bits per heavy atom. The van der Waals surface area contributed by atoms with Crippen molar-refractivity contribution in [3.8, 4) is 5.75 Å². The molecule has 0 spiro atoms. The average molecular weight is 326 g/mol. The molecule has 0 radical (unpaired) electrons. The molecule has 0 saturated carbocycles. The number of nitro benzene ring substituents is 1. The third-order valence-electron chi connectivity index (χ3n) is 2.98. The summed E-state index contributed by atoms with van der Waals surface area (Å²) in [6, 6.07) is 3.32. The lowest BCUT2D eigenvalue weighted by Crippen LogP contribution is -2.44. The molecule has 0 unspecified atom stereocenters. The van der Waals surface area contributed by atoms with Crippen molar-refractivity contribution in [2.45, 2.75) is 12.5 Å². The molecule has 0 heterocycles. The van der Waals surface area contributed by atoms with E-state index in [1.165, 1.54) is 33.5 Å². The zero-order valence-corrected chi connectivity index (χ0v) is 13.0. The predicted octanol–water partition coefficient (Wildman–Crippen LogP) is 0.450. The highest BCUT2D eigenvalue weighted by Crippen LogP contribution is 2.28. The largest absolute Gasteiger partial charge is 0.490 e. The van der Waals surface area contributed by atoms with Crippen molar-refractivity contribution in [1.82, 2.24) is 5.32 Å². The van der Waals surface area contributed by atoms with E-state index in [0.29, 0.717) is 5.56 Å². The van der Waals surface area contributed by atoms with Gasteiger partial charge in [-0.25, -0.2) is 4.79 Å². The maximum absolute atomic E-state index is 11.8. The van der Waals surface area contributed by atoms with E-state index >= 15 is 0 Å². The quantitative estimate of drug-likeness (QED) is 0.419. The van der Waals surface area contributed by atoms with Crippen LogP contribution in [-0.4, -0.2) is 50.8 Å². The number of nitro groups is 1. The molecule has 1 amide bonds. The molecule has 0 bridgehead atoms. The van der Waals surface area contributed by atoms with Crippen LogP contribution in [0, 0.1) is 10.1 Å². The molecular formula is C14H18N2O7. The topological polar surface area (TPSA) is 117 Å². The number of rotatable bonds is 8. The SMILES string of the molecule is COCC(=O)N[C@H](Cc1ccc(OC)c([N+](=O)[O-])c1)C(=O)OC. The van der Waals surface area contributed by atoms with E-state index in [1.54, 1.807) is 6.07 Å². The molecule has 0 aliphatic carbocycles. The number of methoxy groups -OCH3 is 3. The first-order valence-corrected chi connectivity index (χ1v) is 6.60. The first-order valence-electron chi connectivity index (χ1n) is 6.60. The van der Waals surface area contributed by atoms with E-state index in [2.05, 4.69) is 14.8 Å². The summed E-state index contributed by atoms with van der Waals surface area (Å²) in [4.78, 5) is 33.8. The Kier molecular flexibility index (Phi) is 6.94. The molecule has 126 valence electrons. The lowest BCUT2D eigenvalue weighted by Gasteiger charge is -2.16. The molecule has 9 nitrogen and oxygen atoms in total. The summed E-state index contributed by atoms with van der Waals surface area (Å²) in [5.41, 5.74) is 0.252.